The summed E-state index contributed by atoms with van der Waals surface area (Å²) in [7, 11) is 3.63. The standard InChI is InChI=1S/C23H20F2N8O.C23H19FN8O/c1-32-20(7-9-27-32)29-23-26-8-6-18(28-23)15-11-19(25)33-21(12-15)30-31-22(33)16(13-34)10-14-2-4-17(24)5-3-14;1-31-19(7-9-26-31)28-23-25-8-6-18(27-23)15-11-20-29-30-22-16(13-33-21(12-15)32(20)22)10-14-2-4-17(24)5-3-14/h2-9,11-12,16,34H,10,13H2,1H3,(H,26,28,29);2-9,11-12,16H,10,13H2,1H3,(H,25,27,28). The van der Waals surface area contributed by atoms with Crippen LogP contribution in [-0.4, -0.2) is 87.0 Å². The lowest BCUT2D eigenvalue weighted by Crippen LogP contribution is -2.22. The zero-order valence-corrected chi connectivity index (χ0v) is 35.8. The number of aliphatic hydroxyl groups is 1. The highest BCUT2D eigenvalue weighted by atomic mass is 19.1. The van der Waals surface area contributed by atoms with Gasteiger partial charge < -0.3 is 20.5 Å². The van der Waals surface area contributed by atoms with Crippen molar-refractivity contribution in [2.24, 2.45) is 14.1 Å². The van der Waals surface area contributed by atoms with Crippen LogP contribution in [0.5, 0.6) is 5.88 Å². The van der Waals surface area contributed by atoms with Crippen LogP contribution in [0.3, 0.4) is 0 Å². The zero-order chi connectivity index (χ0) is 46.0. The number of aliphatic hydroxyl groups excluding tert-OH is 1. The van der Waals surface area contributed by atoms with E-state index in [0.29, 0.717) is 59.9 Å². The minimum absolute atomic E-state index is 0.0255. The second-order valence-electron chi connectivity index (χ2n) is 15.7. The predicted octanol–water partition coefficient (Wildman–Crippen LogP) is 6.78. The van der Waals surface area contributed by atoms with Gasteiger partial charge >= 0.3 is 0 Å². The molecule has 10 aromatic rings. The SMILES string of the molecule is Cn1nccc1Nc1nccc(-c2cc(F)n3c(C(CO)Cc4ccc(F)cc4)nnc3c2)n1.Cn1nccc1Nc1nccc(-c2cc3n4c(nnc4c2)C(Cc2ccc(F)cc2)CO3)n1. The van der Waals surface area contributed by atoms with Crippen LogP contribution in [0.25, 0.3) is 33.8 Å². The summed E-state index contributed by atoms with van der Waals surface area (Å²) in [5, 5.41) is 41.5. The van der Waals surface area contributed by atoms with E-state index in [-0.39, 0.29) is 35.6 Å². The van der Waals surface area contributed by atoms with Gasteiger partial charge in [-0.25, -0.2) is 33.1 Å². The molecule has 67 heavy (non-hydrogen) atoms. The number of hydrogen-bond acceptors (Lipinski definition) is 14. The number of benzene rings is 2. The molecule has 8 aromatic heterocycles. The molecule has 0 bridgehead atoms. The van der Waals surface area contributed by atoms with E-state index < -0.39 is 11.9 Å². The number of fused-ring (bicyclic) bond motifs is 1. The first-order valence-corrected chi connectivity index (χ1v) is 21.0. The Morgan fingerprint density at radius 1 is 0.657 bits per heavy atom. The molecule has 0 fully saturated rings. The highest BCUT2D eigenvalue weighted by molar-refractivity contribution is 5.68. The fourth-order valence-corrected chi connectivity index (χ4v) is 7.77. The lowest BCUT2D eigenvalue weighted by Gasteiger charge is -2.23. The van der Waals surface area contributed by atoms with Gasteiger partial charge in [-0.2, -0.15) is 14.6 Å². The van der Waals surface area contributed by atoms with Gasteiger partial charge in [0.1, 0.15) is 41.5 Å². The molecule has 0 saturated heterocycles. The topological polar surface area (TPSA) is 201 Å². The van der Waals surface area contributed by atoms with Crippen LogP contribution in [0.1, 0.15) is 34.6 Å². The molecule has 1 aliphatic rings. The summed E-state index contributed by atoms with van der Waals surface area (Å²) in [6.07, 6.45) is 7.67. The first-order valence-electron chi connectivity index (χ1n) is 21.0. The van der Waals surface area contributed by atoms with Gasteiger partial charge in [0.15, 0.2) is 11.3 Å². The number of hydrogen-bond donors (Lipinski definition) is 3. The van der Waals surface area contributed by atoms with Crippen molar-refractivity contribution in [3.8, 4) is 28.4 Å². The van der Waals surface area contributed by atoms with Crippen molar-refractivity contribution in [2.75, 3.05) is 23.8 Å². The monoisotopic (exact) mass is 904 g/mol. The summed E-state index contributed by atoms with van der Waals surface area (Å²) in [5.41, 5.74) is 5.36. The number of pyridine rings is 2. The molecule has 2 unspecified atom stereocenters. The van der Waals surface area contributed by atoms with Crippen LogP contribution in [0.15, 0.2) is 122 Å². The van der Waals surface area contributed by atoms with Crippen molar-refractivity contribution in [1.82, 2.24) is 68.7 Å². The van der Waals surface area contributed by atoms with Gasteiger partial charge in [-0.1, -0.05) is 24.3 Å². The Balaban J connectivity index is 0.000000157. The van der Waals surface area contributed by atoms with Crippen LogP contribution < -0.4 is 15.4 Å². The van der Waals surface area contributed by atoms with Crippen LogP contribution in [0.4, 0.5) is 36.7 Å². The van der Waals surface area contributed by atoms with Crippen molar-refractivity contribution >= 4 is 34.8 Å². The van der Waals surface area contributed by atoms with E-state index in [0.717, 1.165) is 34.0 Å². The van der Waals surface area contributed by atoms with E-state index in [1.54, 1.807) is 83.7 Å². The van der Waals surface area contributed by atoms with Crippen molar-refractivity contribution in [3.63, 3.8) is 0 Å². The van der Waals surface area contributed by atoms with E-state index in [1.165, 1.54) is 34.7 Å². The van der Waals surface area contributed by atoms with Crippen molar-refractivity contribution in [1.29, 1.82) is 0 Å². The van der Waals surface area contributed by atoms with Gasteiger partial charge in [0.05, 0.1) is 36.3 Å². The zero-order valence-electron chi connectivity index (χ0n) is 35.8. The van der Waals surface area contributed by atoms with Gasteiger partial charge in [0.25, 0.3) is 0 Å². The van der Waals surface area contributed by atoms with Crippen LogP contribution in [0, 0.1) is 17.6 Å². The lowest BCUT2D eigenvalue weighted by molar-refractivity contribution is 0.245. The molecule has 18 nitrogen and oxygen atoms in total. The quantitative estimate of drug-likeness (QED) is 0.108. The van der Waals surface area contributed by atoms with Gasteiger partial charge in [0, 0.05) is 67.8 Å². The minimum atomic E-state index is -0.593. The van der Waals surface area contributed by atoms with E-state index >= 15 is 4.39 Å². The smallest absolute Gasteiger partial charge is 0.228 e. The third kappa shape index (κ3) is 8.94. The van der Waals surface area contributed by atoms with Crippen molar-refractivity contribution in [2.45, 2.75) is 24.7 Å². The summed E-state index contributed by atoms with van der Waals surface area (Å²) in [6.45, 7) is 0.194. The molecule has 9 heterocycles. The maximum Gasteiger partial charge on any atom is 0.228 e. The second-order valence-corrected chi connectivity index (χ2v) is 15.7. The molecule has 336 valence electrons. The molecule has 2 aromatic carbocycles. The summed E-state index contributed by atoms with van der Waals surface area (Å²) >= 11 is 0. The molecule has 0 spiro atoms. The van der Waals surface area contributed by atoms with E-state index in [4.69, 9.17) is 4.74 Å². The summed E-state index contributed by atoms with van der Waals surface area (Å²) in [4.78, 5) is 17.6. The molecule has 1 aliphatic heterocycles. The Labute approximate surface area is 378 Å². The number of ether oxygens (including phenoxy) is 1. The summed E-state index contributed by atoms with van der Waals surface area (Å²) < 4.78 is 54.4. The average Bonchev–Trinajstić information content (AvgIpc) is 4.17. The molecule has 0 amide bonds. The van der Waals surface area contributed by atoms with E-state index in [2.05, 4.69) is 61.2 Å². The largest absolute Gasteiger partial charge is 0.478 e. The number of aryl methyl sites for hydroxylation is 2. The van der Waals surface area contributed by atoms with Gasteiger partial charge in [-0.05, 0) is 72.5 Å². The van der Waals surface area contributed by atoms with Crippen LogP contribution in [-0.2, 0) is 26.9 Å². The Morgan fingerprint density at radius 3 is 1.81 bits per heavy atom. The van der Waals surface area contributed by atoms with E-state index in [9.17, 15) is 13.9 Å². The Kier molecular flexibility index (Phi) is 11.5. The Hall–Kier alpha value is -8.59. The van der Waals surface area contributed by atoms with Gasteiger partial charge in [-0.15, -0.1) is 20.4 Å². The number of aromatic nitrogens is 14. The fraction of sp³-hybridized carbons (Fsp3) is 0.174. The highest BCUT2D eigenvalue weighted by Gasteiger charge is 2.27. The first-order chi connectivity index (χ1) is 32.6. The lowest BCUT2D eigenvalue weighted by atomic mass is 9.98. The maximum atomic E-state index is 15.3. The number of nitrogens with zero attached hydrogens (tertiary/aromatic N) is 14. The molecule has 2 atom stereocenters. The molecule has 11 rings (SSSR count). The highest BCUT2D eigenvalue weighted by Crippen LogP contribution is 2.34. The molecule has 0 saturated carbocycles. The summed E-state index contributed by atoms with van der Waals surface area (Å²) in [6, 6.07) is 26.5. The minimum Gasteiger partial charge on any atom is -0.478 e. The van der Waals surface area contributed by atoms with Gasteiger partial charge in [0.2, 0.25) is 23.7 Å². The molecule has 0 radical (unpaired) electrons. The van der Waals surface area contributed by atoms with Crippen molar-refractivity contribution < 1.29 is 23.0 Å². The molecule has 21 heteroatoms. The van der Waals surface area contributed by atoms with Crippen LogP contribution >= 0.6 is 0 Å². The molecular weight excluding hydrogens is 866 g/mol. The Morgan fingerprint density at radius 2 is 1.22 bits per heavy atom. The molecule has 0 aliphatic carbocycles. The second kappa shape index (κ2) is 18.1. The van der Waals surface area contributed by atoms with E-state index in [1.807, 2.05) is 35.7 Å². The van der Waals surface area contributed by atoms with Gasteiger partial charge in [-0.3, -0.25) is 13.8 Å². The molecular formula is C46H39F3N16O2. The van der Waals surface area contributed by atoms with Crippen molar-refractivity contribution in [3.05, 3.63) is 162 Å². The predicted molar refractivity (Wildman–Crippen MR) is 239 cm³/mol. The third-order valence-electron chi connectivity index (χ3n) is 11.2. The fourth-order valence-electron chi connectivity index (χ4n) is 7.77. The molecule has 3 N–H and O–H groups in total. The maximum absolute atomic E-state index is 15.3. The number of halogens is 3. The number of nitrogens with one attached hydrogen (secondary N) is 2. The third-order valence-corrected chi connectivity index (χ3v) is 11.2. The normalized spacial score (nSPS) is 13.6. The first kappa shape index (κ1) is 42.4. The average molecular weight is 905 g/mol. The Bertz CT molecular complexity index is 3350. The van der Waals surface area contributed by atoms with Crippen LogP contribution in [0.2, 0.25) is 0 Å². The number of rotatable bonds is 12. The number of anilines is 4. The summed E-state index contributed by atoms with van der Waals surface area (Å²) in [5.74, 6) is 2.40.